The fourth-order valence-electron chi connectivity index (χ4n) is 2.31. The molecule has 5 nitrogen and oxygen atoms in total. The highest BCUT2D eigenvalue weighted by molar-refractivity contribution is 6.04. The average molecular weight is 304 g/mol. The van der Waals surface area contributed by atoms with Crippen LogP contribution in [-0.2, 0) is 11.3 Å². The van der Waals surface area contributed by atoms with Crippen molar-refractivity contribution >= 4 is 22.9 Å². The summed E-state index contributed by atoms with van der Waals surface area (Å²) in [6.07, 6.45) is 5.39. The van der Waals surface area contributed by atoms with Crippen LogP contribution in [0.25, 0.3) is 17.0 Å². The van der Waals surface area contributed by atoms with E-state index in [1.807, 2.05) is 41.1 Å². The monoisotopic (exact) mass is 304 g/mol. The molecule has 0 bridgehead atoms. The first-order valence-electron chi connectivity index (χ1n) is 7.17. The Morgan fingerprint density at radius 3 is 2.83 bits per heavy atom. The lowest BCUT2D eigenvalue weighted by Crippen LogP contribution is -2.24. The van der Waals surface area contributed by atoms with Crippen molar-refractivity contribution in [2.24, 2.45) is 0 Å². The summed E-state index contributed by atoms with van der Waals surface area (Å²) in [5, 5.41) is 21.5. The quantitative estimate of drug-likeness (QED) is 0.506. The number of rotatable bonds is 6. The van der Waals surface area contributed by atoms with Gasteiger partial charge in [0.15, 0.2) is 0 Å². The third kappa shape index (κ3) is 3.66. The lowest BCUT2D eigenvalue weighted by molar-refractivity contribution is -0.116. The van der Waals surface area contributed by atoms with Gasteiger partial charge in [0.2, 0.25) is 0 Å². The smallest absolute Gasteiger partial charge is 0.262 e. The second kappa shape index (κ2) is 7.63. The topological polar surface area (TPSA) is 81.6 Å². The molecule has 0 aliphatic heterocycles. The second-order valence-electron chi connectivity index (χ2n) is 4.87. The standard InChI is InChI=1S/C18H16N4O/c1-2-9-21-18(23)14(12-20)11-15-13-22(10-5-8-19)17-7-4-3-6-16(15)17/h2-4,6-7,11,13H,1,5,9-10H2,(H,21,23)/b14-11+. The van der Waals surface area contributed by atoms with Crippen LogP contribution in [0.4, 0.5) is 0 Å². The summed E-state index contributed by atoms with van der Waals surface area (Å²) in [4.78, 5) is 12.0. The lowest BCUT2D eigenvalue weighted by atomic mass is 10.1. The molecule has 2 aromatic rings. The molecule has 0 unspecified atom stereocenters. The van der Waals surface area contributed by atoms with Crippen LogP contribution in [0.15, 0.2) is 48.7 Å². The molecule has 0 radical (unpaired) electrons. The Hall–Kier alpha value is -3.31. The van der Waals surface area contributed by atoms with E-state index in [2.05, 4.69) is 18.0 Å². The Morgan fingerprint density at radius 2 is 2.13 bits per heavy atom. The van der Waals surface area contributed by atoms with Gasteiger partial charge in [0, 0.05) is 35.8 Å². The van der Waals surface area contributed by atoms with Gasteiger partial charge < -0.3 is 9.88 Å². The summed E-state index contributed by atoms with van der Waals surface area (Å²) in [7, 11) is 0. The van der Waals surface area contributed by atoms with Crippen molar-refractivity contribution in [3.63, 3.8) is 0 Å². The molecule has 114 valence electrons. The largest absolute Gasteiger partial charge is 0.348 e. The Bertz CT molecular complexity index is 846. The summed E-state index contributed by atoms with van der Waals surface area (Å²) < 4.78 is 1.96. The van der Waals surface area contributed by atoms with Crippen LogP contribution in [0.2, 0.25) is 0 Å². The minimum absolute atomic E-state index is 0.0371. The van der Waals surface area contributed by atoms with Crippen LogP contribution in [0.1, 0.15) is 12.0 Å². The normalized spacial score (nSPS) is 10.8. The fourth-order valence-corrected chi connectivity index (χ4v) is 2.31. The summed E-state index contributed by atoms with van der Waals surface area (Å²) in [5.74, 6) is -0.429. The number of aromatic nitrogens is 1. The number of benzene rings is 1. The van der Waals surface area contributed by atoms with E-state index in [1.165, 1.54) is 0 Å². The van der Waals surface area contributed by atoms with Crippen LogP contribution in [0.3, 0.4) is 0 Å². The van der Waals surface area contributed by atoms with E-state index in [0.717, 1.165) is 16.5 Å². The molecule has 0 aliphatic carbocycles. The number of para-hydroxylation sites is 1. The molecule has 0 aliphatic rings. The van der Waals surface area contributed by atoms with Gasteiger partial charge in [-0.15, -0.1) is 6.58 Å². The zero-order chi connectivity index (χ0) is 16.7. The van der Waals surface area contributed by atoms with E-state index in [0.29, 0.717) is 19.5 Å². The number of amides is 1. The third-order valence-electron chi connectivity index (χ3n) is 3.36. The van der Waals surface area contributed by atoms with Crippen molar-refractivity contribution in [2.75, 3.05) is 6.54 Å². The molecule has 2 rings (SSSR count). The zero-order valence-electron chi connectivity index (χ0n) is 12.6. The summed E-state index contributed by atoms with van der Waals surface area (Å²) >= 11 is 0. The van der Waals surface area contributed by atoms with E-state index in [1.54, 1.807) is 12.2 Å². The van der Waals surface area contributed by atoms with Gasteiger partial charge >= 0.3 is 0 Å². The molecular formula is C18H16N4O. The van der Waals surface area contributed by atoms with Crippen molar-refractivity contribution in [1.82, 2.24) is 9.88 Å². The van der Waals surface area contributed by atoms with Gasteiger partial charge in [-0.25, -0.2) is 0 Å². The second-order valence-corrected chi connectivity index (χ2v) is 4.87. The number of nitrogens with zero attached hydrogens (tertiary/aromatic N) is 3. The van der Waals surface area contributed by atoms with Crippen LogP contribution < -0.4 is 5.32 Å². The van der Waals surface area contributed by atoms with Gasteiger partial charge in [-0.1, -0.05) is 24.3 Å². The highest BCUT2D eigenvalue weighted by Gasteiger charge is 2.11. The van der Waals surface area contributed by atoms with Crippen molar-refractivity contribution < 1.29 is 4.79 Å². The fraction of sp³-hybridized carbons (Fsp3) is 0.167. The molecule has 0 saturated heterocycles. The summed E-state index contributed by atoms with van der Waals surface area (Å²) in [5.41, 5.74) is 1.79. The maximum Gasteiger partial charge on any atom is 0.262 e. The van der Waals surface area contributed by atoms with Gasteiger partial charge in [-0.05, 0) is 12.1 Å². The van der Waals surface area contributed by atoms with Gasteiger partial charge in [-0.2, -0.15) is 10.5 Å². The first-order chi connectivity index (χ1) is 11.2. The maximum absolute atomic E-state index is 12.0. The number of carbonyl (C=O) groups excluding carboxylic acids is 1. The molecule has 1 N–H and O–H groups in total. The SMILES string of the molecule is C=CCNC(=O)/C(C#N)=C/c1cn(CCC#N)c2ccccc12. The summed E-state index contributed by atoms with van der Waals surface area (Å²) in [6, 6.07) is 11.8. The number of carbonyl (C=O) groups is 1. The third-order valence-corrected chi connectivity index (χ3v) is 3.36. The molecule has 0 saturated carbocycles. The number of hydrogen-bond acceptors (Lipinski definition) is 3. The molecule has 1 aromatic carbocycles. The minimum atomic E-state index is -0.429. The van der Waals surface area contributed by atoms with E-state index in [-0.39, 0.29) is 5.57 Å². The number of nitriles is 2. The van der Waals surface area contributed by atoms with E-state index in [4.69, 9.17) is 5.26 Å². The first kappa shape index (κ1) is 16.1. The van der Waals surface area contributed by atoms with Crippen LogP contribution in [0.5, 0.6) is 0 Å². The van der Waals surface area contributed by atoms with Crippen LogP contribution in [-0.4, -0.2) is 17.0 Å². The molecule has 0 fully saturated rings. The molecule has 1 aromatic heterocycles. The average Bonchev–Trinajstić information content (AvgIpc) is 2.93. The lowest BCUT2D eigenvalue weighted by Gasteiger charge is -2.00. The van der Waals surface area contributed by atoms with E-state index in [9.17, 15) is 10.1 Å². The highest BCUT2D eigenvalue weighted by atomic mass is 16.1. The Balaban J connectivity index is 2.44. The Labute approximate surface area is 134 Å². The molecule has 23 heavy (non-hydrogen) atoms. The zero-order valence-corrected chi connectivity index (χ0v) is 12.6. The van der Waals surface area contributed by atoms with Crippen LogP contribution in [0, 0.1) is 22.7 Å². The molecule has 5 heteroatoms. The molecule has 0 spiro atoms. The molecule has 1 heterocycles. The number of fused-ring (bicyclic) bond motifs is 1. The number of nitrogens with one attached hydrogen (secondary N) is 1. The Morgan fingerprint density at radius 1 is 1.35 bits per heavy atom. The van der Waals surface area contributed by atoms with Gasteiger partial charge in [-0.3, -0.25) is 4.79 Å². The van der Waals surface area contributed by atoms with E-state index < -0.39 is 5.91 Å². The summed E-state index contributed by atoms with van der Waals surface area (Å²) in [6.45, 7) is 4.40. The van der Waals surface area contributed by atoms with Crippen LogP contribution >= 0.6 is 0 Å². The number of aryl methyl sites for hydroxylation is 1. The van der Waals surface area contributed by atoms with Crippen molar-refractivity contribution in [3.05, 3.63) is 54.3 Å². The predicted octanol–water partition coefficient (Wildman–Crippen LogP) is 2.76. The van der Waals surface area contributed by atoms with Crippen molar-refractivity contribution in [2.45, 2.75) is 13.0 Å². The Kier molecular flexibility index (Phi) is 5.33. The van der Waals surface area contributed by atoms with E-state index >= 15 is 0 Å². The first-order valence-corrected chi connectivity index (χ1v) is 7.17. The maximum atomic E-state index is 12.0. The molecular weight excluding hydrogens is 288 g/mol. The molecule has 0 atom stereocenters. The van der Waals surface area contributed by atoms with Gasteiger partial charge in [0.1, 0.15) is 11.6 Å². The molecule has 1 amide bonds. The minimum Gasteiger partial charge on any atom is -0.348 e. The predicted molar refractivity (Wildman–Crippen MR) is 89.0 cm³/mol. The van der Waals surface area contributed by atoms with Gasteiger partial charge in [0.05, 0.1) is 12.5 Å². The highest BCUT2D eigenvalue weighted by Crippen LogP contribution is 2.23. The van der Waals surface area contributed by atoms with Crippen molar-refractivity contribution in [1.29, 1.82) is 10.5 Å². The van der Waals surface area contributed by atoms with Gasteiger partial charge in [0.25, 0.3) is 5.91 Å². The number of hydrogen-bond donors (Lipinski definition) is 1. The van der Waals surface area contributed by atoms with Crippen molar-refractivity contribution in [3.8, 4) is 12.1 Å².